The number of hydrogen-bond acceptors (Lipinski definition) is 7. The fourth-order valence-corrected chi connectivity index (χ4v) is 4.07. The molecule has 146 valence electrons. The van der Waals surface area contributed by atoms with E-state index in [1.807, 2.05) is 20.8 Å². The summed E-state index contributed by atoms with van der Waals surface area (Å²) >= 11 is 0. The van der Waals surface area contributed by atoms with Crippen LogP contribution in [-0.4, -0.2) is 45.8 Å². The SMILES string of the molecule is Cc1cc(C)c(-c2cc(C(O)C3OC4OC(C)(C)OC4C3O)on2)c(C)c1. The van der Waals surface area contributed by atoms with Crippen LogP contribution in [-0.2, 0) is 14.2 Å². The molecule has 1 aromatic carbocycles. The van der Waals surface area contributed by atoms with Crippen molar-refractivity contribution in [2.75, 3.05) is 0 Å². The molecular formula is C20H25NO6. The molecular weight excluding hydrogens is 350 g/mol. The first kappa shape index (κ1) is 18.6. The van der Waals surface area contributed by atoms with E-state index in [0.29, 0.717) is 5.69 Å². The third kappa shape index (κ3) is 3.19. The van der Waals surface area contributed by atoms with Gasteiger partial charge in [-0.3, -0.25) is 0 Å². The molecule has 0 saturated carbocycles. The number of rotatable bonds is 3. The lowest BCUT2D eigenvalue weighted by Gasteiger charge is -2.24. The monoisotopic (exact) mass is 375 g/mol. The van der Waals surface area contributed by atoms with Crippen molar-refractivity contribution in [2.24, 2.45) is 0 Å². The van der Waals surface area contributed by atoms with Crippen LogP contribution < -0.4 is 0 Å². The Labute approximate surface area is 157 Å². The van der Waals surface area contributed by atoms with E-state index in [1.54, 1.807) is 19.9 Å². The highest BCUT2D eigenvalue weighted by Crippen LogP contribution is 2.41. The number of aliphatic hydroxyl groups excluding tert-OH is 2. The van der Waals surface area contributed by atoms with Crippen LogP contribution in [0, 0.1) is 20.8 Å². The molecule has 7 heteroatoms. The first-order chi connectivity index (χ1) is 12.7. The second-order valence-electron chi connectivity index (χ2n) is 7.89. The number of aromatic nitrogens is 1. The van der Waals surface area contributed by atoms with Gasteiger partial charge in [0.15, 0.2) is 17.8 Å². The van der Waals surface area contributed by atoms with Crippen molar-refractivity contribution >= 4 is 0 Å². The number of hydrogen-bond donors (Lipinski definition) is 2. The molecule has 27 heavy (non-hydrogen) atoms. The Hall–Kier alpha value is -1.77. The van der Waals surface area contributed by atoms with Gasteiger partial charge in [0.25, 0.3) is 0 Å². The summed E-state index contributed by atoms with van der Waals surface area (Å²) in [6, 6.07) is 5.84. The largest absolute Gasteiger partial charge is 0.387 e. The zero-order valence-electron chi connectivity index (χ0n) is 16.1. The molecule has 4 rings (SSSR count). The summed E-state index contributed by atoms with van der Waals surface area (Å²) < 4.78 is 22.3. The molecule has 0 bridgehead atoms. The molecule has 5 unspecified atom stereocenters. The predicted octanol–water partition coefficient (Wildman–Crippen LogP) is 2.54. The van der Waals surface area contributed by atoms with Gasteiger partial charge in [-0.05, 0) is 45.7 Å². The second-order valence-corrected chi connectivity index (χ2v) is 7.89. The molecule has 1 aromatic heterocycles. The first-order valence-corrected chi connectivity index (χ1v) is 9.08. The first-order valence-electron chi connectivity index (χ1n) is 9.08. The summed E-state index contributed by atoms with van der Waals surface area (Å²) in [5.74, 6) is -0.598. The number of benzene rings is 1. The second kappa shape index (κ2) is 6.39. The molecule has 2 aromatic rings. The molecule has 0 amide bonds. The molecule has 2 aliphatic rings. The van der Waals surface area contributed by atoms with Crippen LogP contribution in [0.3, 0.4) is 0 Å². The smallest absolute Gasteiger partial charge is 0.190 e. The zero-order chi connectivity index (χ0) is 19.5. The molecule has 2 N–H and O–H groups in total. The Kier molecular flexibility index (Phi) is 4.40. The minimum atomic E-state index is -1.19. The van der Waals surface area contributed by atoms with E-state index in [-0.39, 0.29) is 5.76 Å². The maximum Gasteiger partial charge on any atom is 0.190 e. The van der Waals surface area contributed by atoms with Crippen LogP contribution in [0.4, 0.5) is 0 Å². The van der Waals surface area contributed by atoms with Crippen LogP contribution in [0.15, 0.2) is 22.7 Å². The van der Waals surface area contributed by atoms with E-state index in [9.17, 15) is 10.2 Å². The Balaban J connectivity index is 1.56. The quantitative estimate of drug-likeness (QED) is 0.851. The van der Waals surface area contributed by atoms with Crippen LogP contribution in [0.2, 0.25) is 0 Å². The minimum absolute atomic E-state index is 0.229. The van der Waals surface area contributed by atoms with Gasteiger partial charge in [-0.2, -0.15) is 0 Å². The maximum atomic E-state index is 10.7. The number of nitrogens with zero attached hydrogens (tertiary/aromatic N) is 1. The molecule has 3 heterocycles. The van der Waals surface area contributed by atoms with Crippen LogP contribution in [0.5, 0.6) is 0 Å². The minimum Gasteiger partial charge on any atom is -0.387 e. The summed E-state index contributed by atoms with van der Waals surface area (Å²) in [5, 5.41) is 25.3. The Morgan fingerprint density at radius 2 is 1.74 bits per heavy atom. The van der Waals surface area contributed by atoms with Gasteiger partial charge in [0, 0.05) is 11.6 Å². The van der Waals surface area contributed by atoms with Gasteiger partial charge in [-0.1, -0.05) is 22.9 Å². The van der Waals surface area contributed by atoms with Crippen molar-refractivity contribution in [3.05, 3.63) is 40.6 Å². The van der Waals surface area contributed by atoms with Crippen molar-refractivity contribution in [2.45, 2.75) is 71.1 Å². The van der Waals surface area contributed by atoms with Crippen LogP contribution >= 0.6 is 0 Å². The van der Waals surface area contributed by atoms with E-state index in [0.717, 1.165) is 16.7 Å². The predicted molar refractivity (Wildman–Crippen MR) is 95.8 cm³/mol. The summed E-state index contributed by atoms with van der Waals surface area (Å²) in [7, 11) is 0. The lowest BCUT2D eigenvalue weighted by atomic mass is 9.96. The maximum absolute atomic E-state index is 10.7. The lowest BCUT2D eigenvalue weighted by molar-refractivity contribution is -0.227. The van der Waals surface area contributed by atoms with Crippen LogP contribution in [0.25, 0.3) is 11.3 Å². The topological polar surface area (TPSA) is 94.2 Å². The van der Waals surface area contributed by atoms with Gasteiger partial charge in [-0.15, -0.1) is 0 Å². The van der Waals surface area contributed by atoms with Crippen molar-refractivity contribution in [3.63, 3.8) is 0 Å². The van der Waals surface area contributed by atoms with E-state index in [2.05, 4.69) is 17.3 Å². The standard InChI is InChI=1S/C20H25NO6/c1-9-6-10(2)14(11(3)7-9)12-8-13(27-21-12)15(22)17-16(23)18-19(24-17)26-20(4,5)25-18/h6-8,15-19,22-23H,1-5H3. The molecule has 2 saturated heterocycles. The summed E-state index contributed by atoms with van der Waals surface area (Å²) in [5.41, 5.74) is 4.95. The van der Waals surface area contributed by atoms with Crippen molar-refractivity contribution < 1.29 is 28.9 Å². The van der Waals surface area contributed by atoms with Gasteiger partial charge in [0.2, 0.25) is 0 Å². The summed E-state index contributed by atoms with van der Waals surface area (Å²) in [6.45, 7) is 9.58. The van der Waals surface area contributed by atoms with Crippen molar-refractivity contribution in [3.8, 4) is 11.3 Å². The average molecular weight is 375 g/mol. The molecule has 2 aliphatic heterocycles. The van der Waals surface area contributed by atoms with Crippen molar-refractivity contribution in [1.29, 1.82) is 0 Å². The number of ether oxygens (including phenoxy) is 3. The van der Waals surface area contributed by atoms with Gasteiger partial charge < -0.3 is 28.9 Å². The van der Waals surface area contributed by atoms with Gasteiger partial charge in [0.05, 0.1) is 0 Å². The molecule has 0 aliphatic carbocycles. The molecule has 0 spiro atoms. The molecule has 7 nitrogen and oxygen atoms in total. The van der Waals surface area contributed by atoms with E-state index < -0.39 is 36.5 Å². The Morgan fingerprint density at radius 1 is 1.07 bits per heavy atom. The highest BCUT2D eigenvalue weighted by Gasteiger charge is 2.56. The Morgan fingerprint density at radius 3 is 2.37 bits per heavy atom. The summed E-state index contributed by atoms with van der Waals surface area (Å²) in [4.78, 5) is 0. The zero-order valence-corrected chi connectivity index (χ0v) is 16.1. The number of fused-ring (bicyclic) bond motifs is 1. The lowest BCUT2D eigenvalue weighted by Crippen LogP contribution is -2.37. The van der Waals surface area contributed by atoms with Gasteiger partial charge in [-0.25, -0.2) is 0 Å². The van der Waals surface area contributed by atoms with Crippen LogP contribution in [0.1, 0.15) is 42.4 Å². The summed E-state index contributed by atoms with van der Waals surface area (Å²) in [6.07, 6.45) is -4.52. The van der Waals surface area contributed by atoms with Gasteiger partial charge in [0.1, 0.15) is 30.1 Å². The molecule has 2 fully saturated rings. The fraction of sp³-hybridized carbons (Fsp3) is 0.550. The third-order valence-electron chi connectivity index (χ3n) is 5.12. The number of aliphatic hydroxyl groups is 2. The fourth-order valence-electron chi connectivity index (χ4n) is 4.07. The third-order valence-corrected chi connectivity index (χ3v) is 5.12. The molecule has 0 radical (unpaired) electrons. The average Bonchev–Trinajstić information content (AvgIpc) is 3.21. The highest BCUT2D eigenvalue weighted by molar-refractivity contribution is 5.68. The van der Waals surface area contributed by atoms with E-state index in [4.69, 9.17) is 18.7 Å². The van der Waals surface area contributed by atoms with E-state index >= 15 is 0 Å². The number of aryl methyl sites for hydroxylation is 3. The molecule has 5 atom stereocenters. The Bertz CT molecular complexity index is 837. The van der Waals surface area contributed by atoms with Gasteiger partial charge >= 0.3 is 0 Å². The van der Waals surface area contributed by atoms with E-state index in [1.165, 1.54) is 5.56 Å². The highest BCUT2D eigenvalue weighted by atomic mass is 16.8. The van der Waals surface area contributed by atoms with Crippen molar-refractivity contribution in [1.82, 2.24) is 5.16 Å². The normalized spacial score (nSPS) is 30.5.